The number of sulfonamides is 1. The highest BCUT2D eigenvalue weighted by Crippen LogP contribution is 2.35. The van der Waals surface area contributed by atoms with Crippen molar-refractivity contribution in [2.75, 3.05) is 18.0 Å². The molecule has 0 radical (unpaired) electrons. The van der Waals surface area contributed by atoms with Gasteiger partial charge in [0, 0.05) is 0 Å². The van der Waals surface area contributed by atoms with Gasteiger partial charge in [-0.25, -0.2) is 13.8 Å². The number of benzene rings is 3. The predicted octanol–water partition coefficient (Wildman–Crippen LogP) is 4.84. The summed E-state index contributed by atoms with van der Waals surface area (Å²) in [7, 11) is -3.07. The number of hydrogen-bond donors (Lipinski definition) is 2. The summed E-state index contributed by atoms with van der Waals surface area (Å²) in [5.74, 6) is -0.905. The third kappa shape index (κ3) is 6.80. The number of nitrogens with one attached hydrogen (secondary N) is 1. The van der Waals surface area contributed by atoms with Crippen LogP contribution in [0.4, 0.5) is 18.9 Å². The molecule has 3 rings (SSSR count). The van der Waals surface area contributed by atoms with Gasteiger partial charge in [0.1, 0.15) is 6.54 Å². The first-order valence-electron chi connectivity index (χ1n) is 10.5. The first-order chi connectivity index (χ1) is 17.3. The molecule has 196 valence electrons. The molecule has 0 aliphatic carbocycles. The number of amides is 1. The first-order valence-corrected chi connectivity index (χ1v) is 12.7. The Hall–Kier alpha value is -3.58. The number of ether oxygens (including phenoxy) is 1. The number of carbonyl (C=O) groups excluding carboxylic acids is 1. The van der Waals surface area contributed by atoms with E-state index in [1.54, 1.807) is 6.92 Å². The van der Waals surface area contributed by atoms with Crippen molar-refractivity contribution in [2.24, 2.45) is 5.10 Å². The second-order valence-corrected chi connectivity index (χ2v) is 10.4. The quantitative estimate of drug-likeness (QED) is 0.285. The zero-order valence-corrected chi connectivity index (χ0v) is 21.9. The highest BCUT2D eigenvalue weighted by Gasteiger charge is 2.33. The lowest BCUT2D eigenvalue weighted by Crippen LogP contribution is -2.39. The van der Waals surface area contributed by atoms with Crippen LogP contribution >= 0.6 is 15.9 Å². The van der Waals surface area contributed by atoms with Crippen LogP contribution in [-0.2, 0) is 21.0 Å². The molecule has 3 aromatic rings. The van der Waals surface area contributed by atoms with Gasteiger partial charge in [-0.2, -0.15) is 18.3 Å². The average molecular weight is 600 g/mol. The van der Waals surface area contributed by atoms with Gasteiger partial charge in [-0.15, -0.1) is 0 Å². The molecule has 0 unspecified atom stereocenters. The zero-order valence-electron chi connectivity index (χ0n) is 19.5. The van der Waals surface area contributed by atoms with Crippen LogP contribution in [0.1, 0.15) is 16.7 Å². The monoisotopic (exact) mass is 599 g/mol. The van der Waals surface area contributed by atoms with Crippen LogP contribution < -0.4 is 14.5 Å². The summed E-state index contributed by atoms with van der Waals surface area (Å²) in [6.45, 7) is 0.895. The van der Waals surface area contributed by atoms with E-state index in [4.69, 9.17) is 4.74 Å². The van der Waals surface area contributed by atoms with E-state index < -0.39 is 34.2 Å². The summed E-state index contributed by atoms with van der Waals surface area (Å²) in [6.07, 6.45) is -3.50. The molecule has 3 aromatic carbocycles. The Bertz CT molecular complexity index is 1430. The fourth-order valence-electron chi connectivity index (χ4n) is 3.16. The first kappa shape index (κ1) is 28.0. The number of aromatic hydroxyl groups is 1. The van der Waals surface area contributed by atoms with Gasteiger partial charge in [0.25, 0.3) is 15.9 Å². The summed E-state index contributed by atoms with van der Waals surface area (Å²) in [6, 6.07) is 12.3. The maximum atomic E-state index is 13.4. The summed E-state index contributed by atoms with van der Waals surface area (Å²) in [4.78, 5) is 12.4. The fraction of sp³-hybridized carbons (Fsp3) is 0.167. The van der Waals surface area contributed by atoms with Crippen molar-refractivity contribution in [1.82, 2.24) is 5.43 Å². The average Bonchev–Trinajstić information content (AvgIpc) is 2.84. The minimum Gasteiger partial charge on any atom is -0.503 e. The van der Waals surface area contributed by atoms with E-state index in [1.807, 2.05) is 0 Å². The van der Waals surface area contributed by atoms with Gasteiger partial charge >= 0.3 is 6.18 Å². The van der Waals surface area contributed by atoms with Crippen molar-refractivity contribution in [2.45, 2.75) is 18.0 Å². The SMILES string of the molecule is COc1cc(/C=N\NC(=O)CN(c2cccc(C(F)(F)F)c2)S(=O)(=O)c2ccc(C)cc2)cc(Br)c1O. The standard InChI is InChI=1S/C24H21BrF3N3O5S/c1-15-6-8-19(9-7-15)37(34,35)31(18-5-3-4-17(12-18)24(26,27)28)14-22(32)30-29-13-16-10-20(25)23(33)21(11-16)36-2/h3-13,33H,14H2,1-2H3,(H,30,32)/b29-13-. The highest BCUT2D eigenvalue weighted by molar-refractivity contribution is 9.10. The number of anilines is 1. The number of hydrazone groups is 1. The van der Waals surface area contributed by atoms with Crippen LogP contribution in [0.5, 0.6) is 11.5 Å². The smallest absolute Gasteiger partial charge is 0.416 e. The Morgan fingerprint density at radius 3 is 2.46 bits per heavy atom. The van der Waals surface area contributed by atoms with E-state index in [1.165, 1.54) is 49.7 Å². The van der Waals surface area contributed by atoms with Crippen molar-refractivity contribution in [1.29, 1.82) is 0 Å². The largest absolute Gasteiger partial charge is 0.503 e. The molecule has 0 fully saturated rings. The van der Waals surface area contributed by atoms with Gasteiger partial charge in [-0.05, 0) is 70.9 Å². The molecule has 13 heteroatoms. The lowest BCUT2D eigenvalue weighted by atomic mass is 10.2. The summed E-state index contributed by atoms with van der Waals surface area (Å²) in [5, 5.41) is 13.7. The van der Waals surface area contributed by atoms with Crippen LogP contribution in [0.2, 0.25) is 0 Å². The summed E-state index contributed by atoms with van der Waals surface area (Å²) >= 11 is 3.15. The number of phenols is 1. The highest BCUT2D eigenvalue weighted by atomic mass is 79.9. The predicted molar refractivity (Wildman–Crippen MR) is 135 cm³/mol. The molecule has 0 aromatic heterocycles. The minimum absolute atomic E-state index is 0.137. The molecular formula is C24H21BrF3N3O5S. The Labute approximate surface area is 219 Å². The second-order valence-electron chi connectivity index (χ2n) is 7.72. The minimum atomic E-state index is -4.72. The van der Waals surface area contributed by atoms with Gasteiger partial charge < -0.3 is 9.84 Å². The van der Waals surface area contributed by atoms with Gasteiger partial charge in [0.15, 0.2) is 11.5 Å². The zero-order chi connectivity index (χ0) is 27.4. The number of methoxy groups -OCH3 is 1. The Morgan fingerprint density at radius 2 is 1.84 bits per heavy atom. The van der Waals surface area contributed by atoms with E-state index in [2.05, 4.69) is 26.5 Å². The topological polar surface area (TPSA) is 108 Å². The van der Waals surface area contributed by atoms with E-state index in [0.717, 1.165) is 23.8 Å². The van der Waals surface area contributed by atoms with Crippen LogP contribution in [0.15, 0.2) is 75.1 Å². The molecule has 0 bridgehead atoms. The number of phenolic OH excluding ortho intramolecular Hbond substituents is 1. The molecule has 8 nitrogen and oxygen atoms in total. The molecule has 0 aliphatic heterocycles. The van der Waals surface area contributed by atoms with Crippen molar-refractivity contribution < 1.29 is 36.2 Å². The van der Waals surface area contributed by atoms with Gasteiger partial charge in [-0.3, -0.25) is 9.10 Å². The Kier molecular flexibility index (Phi) is 8.49. The molecule has 0 saturated carbocycles. The third-order valence-corrected chi connectivity index (χ3v) is 7.42. The maximum Gasteiger partial charge on any atom is 0.416 e. The van der Waals surface area contributed by atoms with E-state index in [9.17, 15) is 31.5 Å². The Morgan fingerprint density at radius 1 is 1.16 bits per heavy atom. The second kappa shape index (κ2) is 11.2. The van der Waals surface area contributed by atoms with Crippen molar-refractivity contribution >= 4 is 43.8 Å². The third-order valence-electron chi connectivity index (χ3n) is 5.03. The normalized spacial score (nSPS) is 11.9. The number of hydrogen-bond acceptors (Lipinski definition) is 6. The number of nitrogens with zero attached hydrogens (tertiary/aromatic N) is 2. The molecular weight excluding hydrogens is 579 g/mol. The molecule has 1 amide bonds. The fourth-order valence-corrected chi connectivity index (χ4v) is 5.03. The van der Waals surface area contributed by atoms with Gasteiger partial charge in [0.2, 0.25) is 0 Å². The molecule has 0 aliphatic rings. The van der Waals surface area contributed by atoms with Crippen molar-refractivity contribution in [3.05, 3.63) is 81.8 Å². The number of aryl methyl sites for hydroxylation is 1. The molecule has 37 heavy (non-hydrogen) atoms. The molecule has 0 atom stereocenters. The van der Waals surface area contributed by atoms with Crippen LogP contribution in [0.25, 0.3) is 0 Å². The van der Waals surface area contributed by atoms with E-state index >= 15 is 0 Å². The summed E-state index contributed by atoms with van der Waals surface area (Å²) in [5.41, 5.74) is 1.94. The lowest BCUT2D eigenvalue weighted by molar-refractivity contribution is -0.137. The number of alkyl halides is 3. The van der Waals surface area contributed by atoms with Crippen molar-refractivity contribution in [3.63, 3.8) is 0 Å². The number of halogens is 4. The molecule has 2 N–H and O–H groups in total. The van der Waals surface area contributed by atoms with Crippen LogP contribution in [0, 0.1) is 6.92 Å². The van der Waals surface area contributed by atoms with Gasteiger partial charge in [0.05, 0.1) is 33.9 Å². The van der Waals surface area contributed by atoms with Crippen LogP contribution in [0.3, 0.4) is 0 Å². The Balaban J connectivity index is 1.91. The molecule has 0 heterocycles. The van der Waals surface area contributed by atoms with E-state index in [0.29, 0.717) is 20.4 Å². The van der Waals surface area contributed by atoms with E-state index in [-0.39, 0.29) is 22.1 Å². The maximum absolute atomic E-state index is 13.4. The summed E-state index contributed by atoms with van der Waals surface area (Å²) < 4.78 is 72.5. The van der Waals surface area contributed by atoms with Crippen molar-refractivity contribution in [3.8, 4) is 11.5 Å². The van der Waals surface area contributed by atoms with Crippen LogP contribution in [-0.4, -0.2) is 39.3 Å². The molecule has 0 saturated heterocycles. The van der Waals surface area contributed by atoms with Gasteiger partial charge in [-0.1, -0.05) is 23.8 Å². The number of rotatable bonds is 8. The lowest BCUT2D eigenvalue weighted by Gasteiger charge is -2.24. The number of carbonyl (C=O) groups is 1. The molecule has 0 spiro atoms.